The lowest BCUT2D eigenvalue weighted by molar-refractivity contribution is -0.132. The van der Waals surface area contributed by atoms with E-state index in [1.165, 1.54) is 22.7 Å². The van der Waals surface area contributed by atoms with Crippen molar-refractivity contribution in [1.29, 1.82) is 0 Å². The number of hydrogen-bond acceptors (Lipinski definition) is 9. The fourth-order valence-corrected chi connectivity index (χ4v) is 5.76. The molecule has 0 spiro atoms. The van der Waals surface area contributed by atoms with Crippen LogP contribution < -0.4 is 10.1 Å². The molecule has 0 aliphatic carbocycles. The second-order valence-electron chi connectivity index (χ2n) is 9.99. The number of anilines is 1. The van der Waals surface area contributed by atoms with Crippen LogP contribution in [0.1, 0.15) is 83.2 Å². The molecule has 3 aromatic rings. The Balaban J connectivity index is 1.24. The Kier molecular flexibility index (Phi) is 8.33. The standard InChI is InChI=1S/C26H31N5O4S2/c1-26(2,3)24-29-30-25(37-24)28-22(34)19-15-36-23(27-19)17-11-13-31(14-12-17)21(33)10-9-20(32)16-5-7-18(35-4)8-6-16/h5-8,15,17H,9-14H2,1-4H3,(H,28,30,34). The van der Waals surface area contributed by atoms with Crippen molar-refractivity contribution in [2.24, 2.45) is 0 Å². The number of Topliss-reactive ketones (excluding diaryl/α,β-unsaturated/α-hetero) is 1. The van der Waals surface area contributed by atoms with Gasteiger partial charge < -0.3 is 9.64 Å². The average molecular weight is 542 g/mol. The molecule has 1 aliphatic heterocycles. The SMILES string of the molecule is COc1ccc(C(=O)CCC(=O)N2CCC(c3nc(C(=O)Nc4nnc(C(C)(C)C)s4)cs3)CC2)cc1. The smallest absolute Gasteiger partial charge is 0.276 e. The fraction of sp³-hybridized carbons (Fsp3) is 0.462. The lowest BCUT2D eigenvalue weighted by atomic mass is 9.97. The van der Waals surface area contributed by atoms with Crippen molar-refractivity contribution < 1.29 is 19.1 Å². The number of piperidine rings is 1. The minimum Gasteiger partial charge on any atom is -0.497 e. The number of likely N-dealkylation sites (tertiary alicyclic amines) is 1. The highest BCUT2D eigenvalue weighted by Gasteiger charge is 2.27. The molecule has 11 heteroatoms. The molecule has 1 fully saturated rings. The molecular weight excluding hydrogens is 510 g/mol. The molecule has 0 saturated carbocycles. The van der Waals surface area contributed by atoms with E-state index in [-0.39, 0.29) is 41.8 Å². The van der Waals surface area contributed by atoms with Crippen molar-refractivity contribution >= 4 is 45.4 Å². The van der Waals surface area contributed by atoms with E-state index in [9.17, 15) is 14.4 Å². The van der Waals surface area contributed by atoms with Crippen LogP contribution in [0.3, 0.4) is 0 Å². The highest BCUT2D eigenvalue weighted by atomic mass is 32.1. The van der Waals surface area contributed by atoms with Crippen molar-refractivity contribution in [2.45, 2.75) is 57.8 Å². The lowest BCUT2D eigenvalue weighted by Crippen LogP contribution is -2.38. The van der Waals surface area contributed by atoms with Gasteiger partial charge >= 0.3 is 0 Å². The number of carbonyl (C=O) groups is 3. The van der Waals surface area contributed by atoms with Crippen LogP contribution in [0.25, 0.3) is 0 Å². The predicted octanol–water partition coefficient (Wildman–Crippen LogP) is 4.92. The van der Waals surface area contributed by atoms with E-state index in [1.54, 1.807) is 36.8 Å². The maximum absolute atomic E-state index is 12.7. The fourth-order valence-electron chi connectivity index (χ4n) is 3.99. The van der Waals surface area contributed by atoms with Crippen LogP contribution in [-0.4, -0.2) is 57.9 Å². The number of ether oxygens (including phenoxy) is 1. The van der Waals surface area contributed by atoms with Gasteiger partial charge in [0.05, 0.1) is 12.1 Å². The highest BCUT2D eigenvalue weighted by molar-refractivity contribution is 7.15. The minimum absolute atomic E-state index is 0.00815. The third-order valence-corrected chi connectivity index (χ3v) is 8.49. The molecule has 196 valence electrons. The molecule has 0 atom stereocenters. The number of rotatable bonds is 8. The van der Waals surface area contributed by atoms with E-state index in [0.29, 0.717) is 35.2 Å². The van der Waals surface area contributed by atoms with Gasteiger partial charge in [-0.05, 0) is 37.1 Å². The number of amides is 2. The summed E-state index contributed by atoms with van der Waals surface area (Å²) in [5, 5.41) is 15.0. The molecule has 0 unspecified atom stereocenters. The first-order valence-corrected chi connectivity index (χ1v) is 13.9. The Labute approximate surface area is 224 Å². The molecule has 4 rings (SSSR count). The van der Waals surface area contributed by atoms with Gasteiger partial charge in [-0.3, -0.25) is 19.7 Å². The van der Waals surface area contributed by atoms with E-state index < -0.39 is 0 Å². The quantitative estimate of drug-likeness (QED) is 0.403. The molecule has 0 radical (unpaired) electrons. The number of nitrogens with one attached hydrogen (secondary N) is 1. The first kappa shape index (κ1) is 26.9. The molecule has 37 heavy (non-hydrogen) atoms. The lowest BCUT2D eigenvalue weighted by Gasteiger charge is -2.31. The molecule has 1 aliphatic rings. The third kappa shape index (κ3) is 6.78. The molecule has 0 bridgehead atoms. The van der Waals surface area contributed by atoms with Crippen molar-refractivity contribution in [1.82, 2.24) is 20.1 Å². The topological polar surface area (TPSA) is 114 Å². The number of carbonyl (C=O) groups excluding carboxylic acids is 3. The maximum Gasteiger partial charge on any atom is 0.276 e. The van der Waals surface area contributed by atoms with Gasteiger partial charge in [0.1, 0.15) is 16.5 Å². The number of ketones is 1. The zero-order chi connectivity index (χ0) is 26.6. The van der Waals surface area contributed by atoms with Gasteiger partial charge in [0.25, 0.3) is 5.91 Å². The number of methoxy groups -OCH3 is 1. The van der Waals surface area contributed by atoms with Crippen molar-refractivity contribution in [3.05, 3.63) is 50.9 Å². The average Bonchev–Trinajstić information content (AvgIpc) is 3.57. The van der Waals surface area contributed by atoms with Gasteiger partial charge in [0.2, 0.25) is 11.0 Å². The Morgan fingerprint density at radius 3 is 2.41 bits per heavy atom. The Hall–Kier alpha value is -3.18. The Morgan fingerprint density at radius 2 is 1.78 bits per heavy atom. The van der Waals surface area contributed by atoms with Crippen LogP contribution in [0.4, 0.5) is 5.13 Å². The van der Waals surface area contributed by atoms with Gasteiger partial charge in [-0.25, -0.2) is 4.98 Å². The summed E-state index contributed by atoms with van der Waals surface area (Å²) < 4.78 is 5.11. The van der Waals surface area contributed by atoms with Crippen molar-refractivity contribution in [2.75, 3.05) is 25.5 Å². The first-order valence-electron chi connectivity index (χ1n) is 12.2. The summed E-state index contributed by atoms with van der Waals surface area (Å²) in [6.07, 6.45) is 1.93. The largest absolute Gasteiger partial charge is 0.497 e. The van der Waals surface area contributed by atoms with E-state index in [1.807, 2.05) is 25.7 Å². The summed E-state index contributed by atoms with van der Waals surface area (Å²) >= 11 is 2.83. The molecular formula is C26H31N5O4S2. The summed E-state index contributed by atoms with van der Waals surface area (Å²) in [5.41, 5.74) is 0.816. The summed E-state index contributed by atoms with van der Waals surface area (Å²) in [6.45, 7) is 7.37. The zero-order valence-corrected chi connectivity index (χ0v) is 23.1. The molecule has 2 aromatic heterocycles. The van der Waals surface area contributed by atoms with Crippen LogP contribution in [0.5, 0.6) is 5.75 Å². The second-order valence-corrected chi connectivity index (χ2v) is 11.9. The van der Waals surface area contributed by atoms with Crippen LogP contribution in [-0.2, 0) is 10.2 Å². The number of hydrogen-bond donors (Lipinski definition) is 1. The summed E-state index contributed by atoms with van der Waals surface area (Å²) in [4.78, 5) is 44.2. The summed E-state index contributed by atoms with van der Waals surface area (Å²) in [7, 11) is 1.58. The number of aromatic nitrogens is 3. The molecule has 2 amide bonds. The summed E-state index contributed by atoms with van der Waals surface area (Å²) in [6, 6.07) is 6.92. The van der Waals surface area contributed by atoms with Crippen LogP contribution in [0.15, 0.2) is 29.6 Å². The Morgan fingerprint density at radius 1 is 1.08 bits per heavy atom. The van der Waals surface area contributed by atoms with Gasteiger partial charge in [-0.15, -0.1) is 21.5 Å². The number of benzene rings is 1. The second kappa shape index (κ2) is 11.5. The predicted molar refractivity (Wildman–Crippen MR) is 144 cm³/mol. The van der Waals surface area contributed by atoms with Gasteiger partial charge in [0.15, 0.2) is 5.78 Å². The summed E-state index contributed by atoms with van der Waals surface area (Å²) in [5.74, 6) is 0.530. The van der Waals surface area contributed by atoms with Crippen molar-refractivity contribution in [3.8, 4) is 5.75 Å². The van der Waals surface area contributed by atoms with Gasteiger partial charge in [-0.2, -0.15) is 0 Å². The zero-order valence-electron chi connectivity index (χ0n) is 21.4. The first-order chi connectivity index (χ1) is 17.6. The molecule has 3 heterocycles. The van der Waals surface area contributed by atoms with Gasteiger partial charge in [0, 0.05) is 48.2 Å². The normalized spacial score (nSPS) is 14.4. The number of nitrogens with zero attached hydrogens (tertiary/aromatic N) is 4. The molecule has 9 nitrogen and oxygen atoms in total. The van der Waals surface area contributed by atoms with E-state index in [4.69, 9.17) is 4.74 Å². The van der Waals surface area contributed by atoms with E-state index >= 15 is 0 Å². The molecule has 1 N–H and O–H groups in total. The molecule has 1 saturated heterocycles. The minimum atomic E-state index is -0.298. The highest BCUT2D eigenvalue weighted by Crippen LogP contribution is 2.31. The van der Waals surface area contributed by atoms with Gasteiger partial charge in [-0.1, -0.05) is 32.1 Å². The third-order valence-electron chi connectivity index (χ3n) is 6.22. The molecule has 1 aromatic carbocycles. The Bertz CT molecular complexity index is 1250. The monoisotopic (exact) mass is 541 g/mol. The van der Waals surface area contributed by atoms with Crippen LogP contribution >= 0.6 is 22.7 Å². The maximum atomic E-state index is 12.7. The number of thiazole rings is 1. The van der Waals surface area contributed by atoms with E-state index in [0.717, 1.165) is 22.9 Å². The van der Waals surface area contributed by atoms with E-state index in [2.05, 4.69) is 20.5 Å². The van der Waals surface area contributed by atoms with Crippen molar-refractivity contribution in [3.63, 3.8) is 0 Å². The van der Waals surface area contributed by atoms with Crippen LogP contribution in [0.2, 0.25) is 0 Å². The van der Waals surface area contributed by atoms with Crippen LogP contribution in [0, 0.1) is 0 Å².